The lowest BCUT2D eigenvalue weighted by Crippen LogP contribution is -2.43. The first-order chi connectivity index (χ1) is 16.9. The molecule has 1 N–H and O–H groups in total. The summed E-state index contributed by atoms with van der Waals surface area (Å²) in [6.07, 6.45) is 2.92. The zero-order valence-corrected chi connectivity index (χ0v) is 19.8. The molecular weight excluding hydrogens is 444 g/mol. The van der Waals surface area contributed by atoms with Crippen LogP contribution in [0, 0.1) is 29.6 Å². The summed E-state index contributed by atoms with van der Waals surface area (Å²) in [5, 5.41) is 12.0. The third-order valence-corrected chi connectivity index (χ3v) is 8.73. The summed E-state index contributed by atoms with van der Waals surface area (Å²) in [6, 6.07) is 11.0. The van der Waals surface area contributed by atoms with Gasteiger partial charge in [-0.3, -0.25) is 29.0 Å². The topological polar surface area (TPSA) is 95.0 Å². The Labute approximate surface area is 203 Å². The standard InChI is InChI=1S/C28H28N2O5/c1-3-29-25(32)18-10-9-17-19(23(18)27(29)34)13-20-24(28(35)30(4-2)26(20)33)22(17)16-11-12-21(31)15-8-6-5-7-14(15)16/h5-9,11-12,18-20,22-24,31H,3-4,10,13H2,1-2H3/t18-,19+,20+,22-,23-,24+/m0/s1. The van der Waals surface area contributed by atoms with Crippen molar-refractivity contribution >= 4 is 34.4 Å². The fourth-order valence-corrected chi connectivity index (χ4v) is 7.27. The van der Waals surface area contributed by atoms with Gasteiger partial charge < -0.3 is 5.11 Å². The first-order valence-corrected chi connectivity index (χ1v) is 12.5. The van der Waals surface area contributed by atoms with Crippen molar-refractivity contribution in [3.63, 3.8) is 0 Å². The maximum atomic E-state index is 13.6. The van der Waals surface area contributed by atoms with Crippen molar-refractivity contribution in [1.29, 1.82) is 0 Å². The molecule has 2 aliphatic carbocycles. The molecule has 0 unspecified atom stereocenters. The van der Waals surface area contributed by atoms with Gasteiger partial charge in [-0.15, -0.1) is 0 Å². The number of imide groups is 2. The molecular formula is C28H28N2O5. The van der Waals surface area contributed by atoms with Crippen LogP contribution in [0.5, 0.6) is 5.75 Å². The number of rotatable bonds is 3. The number of hydrogen-bond donors (Lipinski definition) is 1. The molecule has 180 valence electrons. The smallest absolute Gasteiger partial charge is 0.234 e. The van der Waals surface area contributed by atoms with E-state index in [1.54, 1.807) is 13.0 Å². The fourth-order valence-electron chi connectivity index (χ4n) is 7.27. The number of amides is 4. The second kappa shape index (κ2) is 7.77. The van der Waals surface area contributed by atoms with E-state index in [-0.39, 0.29) is 35.3 Å². The van der Waals surface area contributed by atoms with Gasteiger partial charge in [0.05, 0.1) is 23.7 Å². The molecule has 2 saturated heterocycles. The number of phenols is 1. The quantitative estimate of drug-likeness (QED) is 0.547. The van der Waals surface area contributed by atoms with Gasteiger partial charge in [0.25, 0.3) is 0 Å². The van der Waals surface area contributed by atoms with E-state index in [2.05, 4.69) is 6.08 Å². The molecule has 2 heterocycles. The lowest BCUT2D eigenvalue weighted by molar-refractivity contribution is -0.141. The van der Waals surface area contributed by atoms with Crippen molar-refractivity contribution in [3.8, 4) is 5.75 Å². The van der Waals surface area contributed by atoms with E-state index >= 15 is 0 Å². The van der Waals surface area contributed by atoms with Crippen LogP contribution in [0.4, 0.5) is 0 Å². The van der Waals surface area contributed by atoms with Crippen LogP contribution in [0.1, 0.15) is 38.2 Å². The third kappa shape index (κ3) is 2.84. The number of carbonyl (C=O) groups excluding carboxylic acids is 4. The molecule has 7 nitrogen and oxygen atoms in total. The lowest BCUT2D eigenvalue weighted by Gasteiger charge is -2.44. The molecule has 35 heavy (non-hydrogen) atoms. The van der Waals surface area contributed by atoms with Crippen LogP contribution >= 0.6 is 0 Å². The number of allylic oxidation sites excluding steroid dienone is 2. The van der Waals surface area contributed by atoms with Crippen molar-refractivity contribution in [3.05, 3.63) is 53.6 Å². The maximum absolute atomic E-state index is 13.6. The van der Waals surface area contributed by atoms with Crippen molar-refractivity contribution in [2.24, 2.45) is 29.6 Å². The Kier molecular flexibility index (Phi) is 4.88. The summed E-state index contributed by atoms with van der Waals surface area (Å²) in [7, 11) is 0. The highest BCUT2D eigenvalue weighted by atomic mass is 16.3. The molecule has 4 aliphatic rings. The average Bonchev–Trinajstić information content (AvgIpc) is 3.26. The number of likely N-dealkylation sites (tertiary alicyclic amines) is 2. The molecule has 3 fully saturated rings. The van der Waals surface area contributed by atoms with E-state index in [1.807, 2.05) is 37.3 Å². The summed E-state index contributed by atoms with van der Waals surface area (Å²) in [6.45, 7) is 4.26. The Balaban J connectivity index is 1.56. The first kappa shape index (κ1) is 22.0. The van der Waals surface area contributed by atoms with Crippen LogP contribution in [0.2, 0.25) is 0 Å². The number of benzene rings is 2. The highest BCUT2D eigenvalue weighted by molar-refractivity contribution is 6.08. The van der Waals surface area contributed by atoms with Gasteiger partial charge >= 0.3 is 0 Å². The summed E-state index contributed by atoms with van der Waals surface area (Å²) >= 11 is 0. The van der Waals surface area contributed by atoms with E-state index in [0.717, 1.165) is 16.5 Å². The summed E-state index contributed by atoms with van der Waals surface area (Å²) in [5.41, 5.74) is 1.87. The number of carbonyl (C=O) groups is 4. The van der Waals surface area contributed by atoms with Crippen LogP contribution < -0.4 is 0 Å². The monoisotopic (exact) mass is 472 g/mol. The predicted molar refractivity (Wildman–Crippen MR) is 128 cm³/mol. The van der Waals surface area contributed by atoms with Crippen LogP contribution in [0.3, 0.4) is 0 Å². The van der Waals surface area contributed by atoms with E-state index in [1.165, 1.54) is 9.80 Å². The van der Waals surface area contributed by atoms with Gasteiger partial charge in [-0.1, -0.05) is 42.0 Å². The van der Waals surface area contributed by atoms with E-state index in [9.17, 15) is 24.3 Å². The minimum atomic E-state index is -0.552. The first-order valence-electron chi connectivity index (χ1n) is 12.5. The number of aromatic hydroxyl groups is 1. The second-order valence-corrected chi connectivity index (χ2v) is 10.1. The largest absolute Gasteiger partial charge is 0.507 e. The summed E-state index contributed by atoms with van der Waals surface area (Å²) in [4.78, 5) is 56.0. The van der Waals surface area contributed by atoms with Crippen LogP contribution in [0.15, 0.2) is 48.0 Å². The minimum Gasteiger partial charge on any atom is -0.507 e. The van der Waals surface area contributed by atoms with Gasteiger partial charge in [-0.25, -0.2) is 0 Å². The number of phenolic OH excluding ortho intramolecular Hbond substituents is 1. The van der Waals surface area contributed by atoms with Gasteiger partial charge in [-0.05, 0) is 49.6 Å². The predicted octanol–water partition coefficient (Wildman–Crippen LogP) is 3.22. The Morgan fingerprint density at radius 2 is 1.40 bits per heavy atom. The normalized spacial score (nSPS) is 32.1. The molecule has 2 aromatic rings. The zero-order chi connectivity index (χ0) is 24.6. The number of nitrogens with zero attached hydrogens (tertiary/aromatic N) is 2. The third-order valence-electron chi connectivity index (χ3n) is 8.73. The highest BCUT2D eigenvalue weighted by Crippen LogP contribution is 2.58. The van der Waals surface area contributed by atoms with Gasteiger partial charge in [0.2, 0.25) is 23.6 Å². The molecule has 4 amide bonds. The molecule has 6 rings (SSSR count). The van der Waals surface area contributed by atoms with Crippen molar-refractivity contribution in [1.82, 2.24) is 9.80 Å². The van der Waals surface area contributed by atoms with Crippen molar-refractivity contribution in [2.75, 3.05) is 13.1 Å². The molecule has 1 saturated carbocycles. The second-order valence-electron chi connectivity index (χ2n) is 10.1. The average molecular weight is 473 g/mol. The van der Waals surface area contributed by atoms with E-state index < -0.39 is 29.6 Å². The number of fused-ring (bicyclic) bond motifs is 5. The minimum absolute atomic E-state index is 0.129. The van der Waals surface area contributed by atoms with Crippen LogP contribution in [-0.2, 0) is 19.2 Å². The molecule has 0 bridgehead atoms. The Hall–Kier alpha value is -3.48. The highest BCUT2D eigenvalue weighted by Gasteiger charge is 2.61. The Morgan fingerprint density at radius 3 is 2.09 bits per heavy atom. The molecule has 0 spiro atoms. The van der Waals surface area contributed by atoms with Crippen LogP contribution in [-0.4, -0.2) is 51.6 Å². The zero-order valence-electron chi connectivity index (χ0n) is 19.8. The van der Waals surface area contributed by atoms with Gasteiger partial charge in [0.1, 0.15) is 5.75 Å². The Morgan fingerprint density at radius 1 is 0.771 bits per heavy atom. The Bertz CT molecular complexity index is 1330. The summed E-state index contributed by atoms with van der Waals surface area (Å²) in [5.74, 6) is -3.12. The van der Waals surface area contributed by atoms with E-state index in [0.29, 0.717) is 31.3 Å². The van der Waals surface area contributed by atoms with E-state index in [4.69, 9.17) is 0 Å². The van der Waals surface area contributed by atoms with Crippen molar-refractivity contribution < 1.29 is 24.3 Å². The molecule has 0 radical (unpaired) electrons. The maximum Gasteiger partial charge on any atom is 0.234 e. The summed E-state index contributed by atoms with van der Waals surface area (Å²) < 4.78 is 0. The van der Waals surface area contributed by atoms with Gasteiger partial charge in [-0.2, -0.15) is 0 Å². The molecule has 0 aromatic heterocycles. The van der Waals surface area contributed by atoms with Gasteiger partial charge in [0, 0.05) is 24.4 Å². The fraction of sp³-hybridized carbons (Fsp3) is 0.429. The SMILES string of the molecule is CCN1C(=O)[C@H]2[C@H](CC=C3[C@H]2C[C@H]2C(=O)N(CC)C(=O)[C@H]2[C@H]3c2ccc(O)c3ccccc23)C1=O. The van der Waals surface area contributed by atoms with Crippen molar-refractivity contribution in [2.45, 2.75) is 32.6 Å². The van der Waals surface area contributed by atoms with Gasteiger partial charge in [0.15, 0.2) is 0 Å². The lowest BCUT2D eigenvalue weighted by atomic mass is 9.57. The molecule has 6 atom stereocenters. The molecule has 2 aromatic carbocycles. The molecule has 7 heteroatoms. The number of hydrogen-bond acceptors (Lipinski definition) is 5. The van der Waals surface area contributed by atoms with Crippen LogP contribution in [0.25, 0.3) is 10.8 Å². The molecule has 2 aliphatic heterocycles.